The molecule has 3 N–H and O–H groups in total. The molecule has 1 aromatic carbocycles. The zero-order valence-corrected chi connectivity index (χ0v) is 12.8. The number of aromatic amines is 1. The Morgan fingerprint density at radius 2 is 2.05 bits per heavy atom. The van der Waals surface area contributed by atoms with E-state index in [0.29, 0.717) is 17.3 Å². The molecule has 0 aliphatic carbocycles. The van der Waals surface area contributed by atoms with Crippen molar-refractivity contribution in [1.82, 2.24) is 20.0 Å². The summed E-state index contributed by atoms with van der Waals surface area (Å²) in [5.41, 5.74) is 0.762. The lowest BCUT2D eigenvalue weighted by Crippen LogP contribution is -2.26. The first-order valence-corrected chi connectivity index (χ1v) is 8.38. The molecule has 1 heterocycles. The minimum atomic E-state index is -3.55. The molecule has 0 saturated heterocycles. The molecule has 1 aromatic heterocycles. The third kappa shape index (κ3) is 4.38. The average molecular weight is 308 g/mol. The van der Waals surface area contributed by atoms with Gasteiger partial charge in [-0.25, -0.2) is 18.1 Å². The summed E-state index contributed by atoms with van der Waals surface area (Å²) in [5, 5.41) is 3.22. The van der Waals surface area contributed by atoms with Gasteiger partial charge in [0.25, 0.3) is 0 Å². The fraction of sp³-hybridized carbons (Fsp3) is 0.357. The molecule has 0 aliphatic rings. The van der Waals surface area contributed by atoms with Gasteiger partial charge in [0.2, 0.25) is 10.0 Å². The summed E-state index contributed by atoms with van der Waals surface area (Å²) >= 11 is 0. The molecule has 0 saturated carbocycles. The number of rotatable bonds is 8. The Hall–Kier alpha value is -1.70. The van der Waals surface area contributed by atoms with E-state index in [1.54, 1.807) is 24.5 Å². The van der Waals surface area contributed by atoms with Gasteiger partial charge in [0.05, 0.1) is 11.4 Å². The van der Waals surface area contributed by atoms with Gasteiger partial charge in [-0.2, -0.15) is 0 Å². The third-order valence-corrected chi connectivity index (χ3v) is 4.49. The lowest BCUT2D eigenvalue weighted by atomic mass is 10.2. The van der Waals surface area contributed by atoms with Crippen molar-refractivity contribution in [3.63, 3.8) is 0 Å². The number of sulfonamides is 1. The van der Waals surface area contributed by atoms with E-state index >= 15 is 0 Å². The second-order valence-electron chi connectivity index (χ2n) is 4.64. The maximum absolute atomic E-state index is 12.4. The van der Waals surface area contributed by atoms with Crippen LogP contribution in [0.4, 0.5) is 0 Å². The Balaban J connectivity index is 2.11. The Kier molecular flexibility index (Phi) is 5.49. The van der Waals surface area contributed by atoms with Crippen LogP contribution >= 0.6 is 0 Å². The molecule has 0 bridgehead atoms. The van der Waals surface area contributed by atoms with Crippen LogP contribution in [0.25, 0.3) is 0 Å². The molecule has 0 aliphatic heterocycles. The highest BCUT2D eigenvalue weighted by atomic mass is 32.2. The van der Waals surface area contributed by atoms with Crippen LogP contribution in [0.2, 0.25) is 0 Å². The van der Waals surface area contributed by atoms with E-state index in [1.165, 1.54) is 0 Å². The zero-order chi connectivity index (χ0) is 15.1. The maximum atomic E-state index is 12.4. The minimum Gasteiger partial charge on any atom is -0.347 e. The van der Waals surface area contributed by atoms with E-state index in [9.17, 15) is 8.42 Å². The molecular weight excluding hydrogens is 288 g/mol. The fourth-order valence-electron chi connectivity index (χ4n) is 1.95. The average Bonchev–Trinajstić information content (AvgIpc) is 2.99. The standard InChI is InChI=1S/C14H20N4O2S/c1-2-7-15-10-12-5-3-4-6-13(12)21(19,20)18-11-14-16-8-9-17-14/h3-6,8-9,15,18H,2,7,10-11H2,1H3,(H,16,17). The fourth-order valence-corrected chi connectivity index (χ4v) is 3.17. The molecule has 7 heteroatoms. The number of imidazole rings is 1. The van der Waals surface area contributed by atoms with Crippen molar-refractivity contribution in [1.29, 1.82) is 0 Å². The molecule has 0 unspecified atom stereocenters. The van der Waals surface area contributed by atoms with Crippen LogP contribution in [0.1, 0.15) is 24.7 Å². The van der Waals surface area contributed by atoms with Gasteiger partial charge in [-0.05, 0) is 24.6 Å². The molecule has 0 fully saturated rings. The van der Waals surface area contributed by atoms with Gasteiger partial charge in [0, 0.05) is 18.9 Å². The number of nitrogens with one attached hydrogen (secondary N) is 3. The number of hydrogen-bond acceptors (Lipinski definition) is 4. The summed E-state index contributed by atoms with van der Waals surface area (Å²) in [5.74, 6) is 0.583. The third-order valence-electron chi connectivity index (χ3n) is 2.99. The van der Waals surface area contributed by atoms with E-state index in [0.717, 1.165) is 18.5 Å². The van der Waals surface area contributed by atoms with E-state index in [4.69, 9.17) is 0 Å². The summed E-state index contributed by atoms with van der Waals surface area (Å²) < 4.78 is 27.4. The van der Waals surface area contributed by atoms with Crippen LogP contribution < -0.4 is 10.0 Å². The molecule has 0 radical (unpaired) electrons. The van der Waals surface area contributed by atoms with E-state index in [2.05, 4.69) is 26.9 Å². The Morgan fingerprint density at radius 3 is 2.76 bits per heavy atom. The molecule has 6 nitrogen and oxygen atoms in total. The quantitative estimate of drug-likeness (QED) is 0.643. The molecule has 2 rings (SSSR count). The predicted octanol–water partition coefficient (Wildman–Crippen LogP) is 1.39. The summed E-state index contributed by atoms with van der Waals surface area (Å²) in [7, 11) is -3.55. The van der Waals surface area contributed by atoms with Gasteiger partial charge >= 0.3 is 0 Å². The van der Waals surface area contributed by atoms with Gasteiger partial charge in [0.1, 0.15) is 5.82 Å². The van der Waals surface area contributed by atoms with Crippen molar-refractivity contribution in [2.45, 2.75) is 31.3 Å². The van der Waals surface area contributed by atoms with Crippen molar-refractivity contribution in [2.75, 3.05) is 6.54 Å². The second kappa shape index (κ2) is 7.35. The maximum Gasteiger partial charge on any atom is 0.241 e. The summed E-state index contributed by atoms with van der Waals surface area (Å²) in [6.07, 6.45) is 4.25. The van der Waals surface area contributed by atoms with Crippen molar-refractivity contribution < 1.29 is 8.42 Å². The lowest BCUT2D eigenvalue weighted by molar-refractivity contribution is 0.576. The van der Waals surface area contributed by atoms with Crippen LogP contribution in [0.5, 0.6) is 0 Å². The Bertz CT molecular complexity index is 653. The first kappa shape index (κ1) is 15.7. The van der Waals surface area contributed by atoms with Gasteiger partial charge in [-0.15, -0.1) is 0 Å². The van der Waals surface area contributed by atoms with Gasteiger partial charge in [-0.1, -0.05) is 25.1 Å². The normalized spacial score (nSPS) is 11.7. The SMILES string of the molecule is CCCNCc1ccccc1S(=O)(=O)NCc1ncc[nH]1. The first-order chi connectivity index (χ1) is 10.1. The Labute approximate surface area is 125 Å². The van der Waals surface area contributed by atoms with E-state index in [1.807, 2.05) is 12.1 Å². The summed E-state index contributed by atoms with van der Waals surface area (Å²) in [6, 6.07) is 7.01. The number of H-pyrrole nitrogens is 1. The van der Waals surface area contributed by atoms with E-state index < -0.39 is 10.0 Å². The largest absolute Gasteiger partial charge is 0.347 e. The van der Waals surface area contributed by atoms with Crippen LogP contribution in [0, 0.1) is 0 Å². The van der Waals surface area contributed by atoms with E-state index in [-0.39, 0.29) is 6.54 Å². The predicted molar refractivity (Wildman–Crippen MR) is 81.1 cm³/mol. The van der Waals surface area contributed by atoms with Gasteiger partial charge < -0.3 is 10.3 Å². The topological polar surface area (TPSA) is 86.9 Å². The van der Waals surface area contributed by atoms with Crippen LogP contribution in [0.15, 0.2) is 41.6 Å². The molecule has 0 amide bonds. The minimum absolute atomic E-state index is 0.145. The zero-order valence-electron chi connectivity index (χ0n) is 12.0. The highest BCUT2D eigenvalue weighted by molar-refractivity contribution is 7.89. The monoisotopic (exact) mass is 308 g/mol. The van der Waals surface area contributed by atoms with Crippen LogP contribution in [-0.2, 0) is 23.1 Å². The molecule has 114 valence electrons. The van der Waals surface area contributed by atoms with Crippen LogP contribution in [0.3, 0.4) is 0 Å². The van der Waals surface area contributed by atoms with Crippen LogP contribution in [-0.4, -0.2) is 24.9 Å². The van der Waals surface area contributed by atoms with Crippen molar-refractivity contribution in [2.24, 2.45) is 0 Å². The molecule has 21 heavy (non-hydrogen) atoms. The highest BCUT2D eigenvalue weighted by Crippen LogP contribution is 2.15. The highest BCUT2D eigenvalue weighted by Gasteiger charge is 2.17. The van der Waals surface area contributed by atoms with Gasteiger partial charge in [-0.3, -0.25) is 0 Å². The van der Waals surface area contributed by atoms with Crippen molar-refractivity contribution in [3.8, 4) is 0 Å². The second-order valence-corrected chi connectivity index (χ2v) is 6.38. The number of hydrogen-bond donors (Lipinski definition) is 3. The van der Waals surface area contributed by atoms with Gasteiger partial charge in [0.15, 0.2) is 0 Å². The first-order valence-electron chi connectivity index (χ1n) is 6.90. The smallest absolute Gasteiger partial charge is 0.241 e. The molecular formula is C14H20N4O2S. The van der Waals surface area contributed by atoms with Crippen molar-refractivity contribution in [3.05, 3.63) is 48.0 Å². The Morgan fingerprint density at radius 1 is 1.24 bits per heavy atom. The molecule has 0 atom stereocenters. The lowest BCUT2D eigenvalue weighted by Gasteiger charge is -2.11. The number of aromatic nitrogens is 2. The summed E-state index contributed by atoms with van der Waals surface area (Å²) in [4.78, 5) is 7.17. The van der Waals surface area contributed by atoms with Crippen molar-refractivity contribution >= 4 is 10.0 Å². The molecule has 2 aromatic rings. The molecule has 0 spiro atoms. The number of benzene rings is 1. The number of nitrogens with zero attached hydrogens (tertiary/aromatic N) is 1. The summed E-state index contributed by atoms with van der Waals surface area (Å²) in [6.45, 7) is 3.60.